The van der Waals surface area contributed by atoms with E-state index in [-0.39, 0.29) is 0 Å². The summed E-state index contributed by atoms with van der Waals surface area (Å²) in [5.74, 6) is 0.744. The van der Waals surface area contributed by atoms with Crippen LogP contribution in [0.2, 0.25) is 0 Å². The Labute approximate surface area is 134 Å². The van der Waals surface area contributed by atoms with Gasteiger partial charge in [-0.15, -0.1) is 0 Å². The summed E-state index contributed by atoms with van der Waals surface area (Å²) >= 11 is 0. The van der Waals surface area contributed by atoms with Crippen molar-refractivity contribution in [3.63, 3.8) is 0 Å². The third-order valence-corrected chi connectivity index (χ3v) is 3.69. The van der Waals surface area contributed by atoms with Crippen LogP contribution in [0, 0.1) is 0 Å². The molecule has 1 N–H and O–H groups in total. The van der Waals surface area contributed by atoms with Gasteiger partial charge in [-0.1, -0.05) is 54.6 Å². The topological polar surface area (TPSA) is 37.8 Å². The quantitative estimate of drug-likeness (QED) is 0.575. The van der Waals surface area contributed by atoms with Crippen molar-refractivity contribution in [3.05, 3.63) is 85.1 Å². The van der Waals surface area contributed by atoms with Crippen LogP contribution < -0.4 is 5.32 Å². The molecule has 0 radical (unpaired) electrons. The first-order valence-electron chi connectivity index (χ1n) is 7.53. The molecule has 0 atom stereocenters. The number of nitrogens with zero attached hydrogens (tertiary/aromatic N) is 2. The number of benzene rings is 3. The van der Waals surface area contributed by atoms with Gasteiger partial charge in [-0.3, -0.25) is 4.98 Å². The second kappa shape index (κ2) is 5.89. The van der Waals surface area contributed by atoms with Gasteiger partial charge < -0.3 is 5.32 Å². The van der Waals surface area contributed by atoms with E-state index < -0.39 is 0 Å². The van der Waals surface area contributed by atoms with Gasteiger partial charge in [-0.25, -0.2) is 4.98 Å². The summed E-state index contributed by atoms with van der Waals surface area (Å²) in [6.45, 7) is 0. The zero-order valence-electron chi connectivity index (χ0n) is 12.5. The highest BCUT2D eigenvalue weighted by molar-refractivity contribution is 5.76. The van der Waals surface area contributed by atoms with E-state index in [2.05, 4.69) is 39.6 Å². The molecule has 0 spiro atoms. The fourth-order valence-electron chi connectivity index (χ4n) is 2.57. The molecule has 0 aliphatic carbocycles. The van der Waals surface area contributed by atoms with Crippen molar-refractivity contribution in [2.24, 2.45) is 0 Å². The Morgan fingerprint density at radius 1 is 0.652 bits per heavy atom. The van der Waals surface area contributed by atoms with Gasteiger partial charge in [0.05, 0.1) is 17.2 Å². The van der Waals surface area contributed by atoms with E-state index in [1.54, 1.807) is 6.20 Å². The molecule has 4 rings (SSSR count). The van der Waals surface area contributed by atoms with E-state index >= 15 is 0 Å². The fourth-order valence-corrected chi connectivity index (χ4v) is 2.57. The largest absolute Gasteiger partial charge is 0.339 e. The summed E-state index contributed by atoms with van der Waals surface area (Å²) in [5, 5.41) is 3.33. The maximum Gasteiger partial charge on any atom is 0.149 e. The van der Waals surface area contributed by atoms with Gasteiger partial charge in [0.15, 0.2) is 0 Å². The standard InChI is InChI=1S/C20H15N3/c1-2-7-15(8-3-1)16-9-6-10-17(13-16)22-20-14-21-18-11-4-5-12-19(18)23-20/h1-14H,(H,22,23). The third kappa shape index (κ3) is 2.90. The minimum absolute atomic E-state index is 0.744. The van der Waals surface area contributed by atoms with Crippen LogP contribution in [0.25, 0.3) is 22.2 Å². The van der Waals surface area contributed by atoms with Gasteiger partial charge in [0.2, 0.25) is 0 Å². The molecular formula is C20H15N3. The Balaban J connectivity index is 1.65. The molecule has 3 aromatic carbocycles. The molecule has 0 saturated heterocycles. The molecule has 3 heteroatoms. The lowest BCUT2D eigenvalue weighted by Gasteiger charge is -2.08. The normalized spacial score (nSPS) is 10.6. The molecule has 3 nitrogen and oxygen atoms in total. The zero-order valence-corrected chi connectivity index (χ0v) is 12.5. The Morgan fingerprint density at radius 3 is 2.26 bits per heavy atom. The lowest BCUT2D eigenvalue weighted by atomic mass is 10.1. The number of rotatable bonds is 3. The Morgan fingerprint density at radius 2 is 1.39 bits per heavy atom. The molecule has 0 amide bonds. The van der Waals surface area contributed by atoms with Crippen LogP contribution in [-0.2, 0) is 0 Å². The number of fused-ring (bicyclic) bond motifs is 1. The smallest absolute Gasteiger partial charge is 0.149 e. The van der Waals surface area contributed by atoms with Crippen molar-refractivity contribution in [3.8, 4) is 11.1 Å². The summed E-state index contributed by atoms with van der Waals surface area (Å²) in [6, 6.07) is 26.5. The average molecular weight is 297 g/mol. The highest BCUT2D eigenvalue weighted by atomic mass is 15.0. The van der Waals surface area contributed by atoms with Gasteiger partial charge >= 0.3 is 0 Å². The van der Waals surface area contributed by atoms with Gasteiger partial charge in [0, 0.05) is 5.69 Å². The number of anilines is 2. The second-order valence-corrected chi connectivity index (χ2v) is 5.32. The Bertz CT molecular complexity index is 949. The van der Waals surface area contributed by atoms with Crippen molar-refractivity contribution in [1.82, 2.24) is 9.97 Å². The van der Waals surface area contributed by atoms with E-state index in [0.717, 1.165) is 22.5 Å². The molecule has 23 heavy (non-hydrogen) atoms. The summed E-state index contributed by atoms with van der Waals surface area (Å²) in [7, 11) is 0. The zero-order chi connectivity index (χ0) is 15.5. The summed E-state index contributed by atoms with van der Waals surface area (Å²) in [6.07, 6.45) is 1.76. The number of nitrogens with one attached hydrogen (secondary N) is 1. The van der Waals surface area contributed by atoms with E-state index in [1.165, 1.54) is 11.1 Å². The van der Waals surface area contributed by atoms with E-state index in [1.807, 2.05) is 54.6 Å². The predicted octanol–water partition coefficient (Wildman–Crippen LogP) is 5.04. The highest BCUT2D eigenvalue weighted by Gasteiger charge is 2.02. The molecule has 4 aromatic rings. The van der Waals surface area contributed by atoms with Crippen LogP contribution in [0.1, 0.15) is 0 Å². The van der Waals surface area contributed by atoms with Gasteiger partial charge in [0.1, 0.15) is 5.82 Å². The van der Waals surface area contributed by atoms with Gasteiger partial charge in [-0.2, -0.15) is 0 Å². The maximum atomic E-state index is 4.60. The van der Waals surface area contributed by atoms with Crippen molar-refractivity contribution < 1.29 is 0 Å². The third-order valence-electron chi connectivity index (χ3n) is 3.69. The van der Waals surface area contributed by atoms with Crippen LogP contribution in [0.5, 0.6) is 0 Å². The maximum absolute atomic E-state index is 4.60. The number of hydrogen-bond acceptors (Lipinski definition) is 3. The predicted molar refractivity (Wildman–Crippen MR) is 94.7 cm³/mol. The molecule has 0 aliphatic rings. The molecule has 1 aromatic heterocycles. The molecule has 0 bridgehead atoms. The van der Waals surface area contributed by atoms with Crippen LogP contribution in [0.3, 0.4) is 0 Å². The van der Waals surface area contributed by atoms with Crippen LogP contribution in [0.4, 0.5) is 11.5 Å². The summed E-state index contributed by atoms with van der Waals surface area (Å²) in [5.41, 5.74) is 5.15. The van der Waals surface area contributed by atoms with Gasteiger partial charge in [0.25, 0.3) is 0 Å². The average Bonchev–Trinajstić information content (AvgIpc) is 2.63. The van der Waals surface area contributed by atoms with E-state index in [9.17, 15) is 0 Å². The van der Waals surface area contributed by atoms with Gasteiger partial charge in [-0.05, 0) is 35.4 Å². The monoisotopic (exact) mass is 297 g/mol. The van der Waals surface area contributed by atoms with E-state index in [4.69, 9.17) is 0 Å². The number of aromatic nitrogens is 2. The van der Waals surface area contributed by atoms with E-state index in [0.29, 0.717) is 0 Å². The van der Waals surface area contributed by atoms with Crippen LogP contribution in [0.15, 0.2) is 85.1 Å². The SMILES string of the molecule is c1ccc(-c2cccc(Nc3cnc4ccccc4n3)c2)cc1. The number of hydrogen-bond donors (Lipinski definition) is 1. The molecule has 110 valence electrons. The molecule has 0 fully saturated rings. The fraction of sp³-hybridized carbons (Fsp3) is 0. The van der Waals surface area contributed by atoms with Crippen molar-refractivity contribution in [1.29, 1.82) is 0 Å². The summed E-state index contributed by atoms with van der Waals surface area (Å²) in [4.78, 5) is 9.03. The van der Waals surface area contributed by atoms with Crippen LogP contribution in [-0.4, -0.2) is 9.97 Å². The van der Waals surface area contributed by atoms with Crippen molar-refractivity contribution in [2.75, 3.05) is 5.32 Å². The first kappa shape index (κ1) is 13.5. The molecule has 0 saturated carbocycles. The first-order chi connectivity index (χ1) is 11.4. The molecule has 1 heterocycles. The first-order valence-corrected chi connectivity index (χ1v) is 7.53. The molecular weight excluding hydrogens is 282 g/mol. The molecule has 0 aliphatic heterocycles. The second-order valence-electron chi connectivity index (χ2n) is 5.32. The number of para-hydroxylation sites is 2. The highest BCUT2D eigenvalue weighted by Crippen LogP contribution is 2.24. The summed E-state index contributed by atoms with van der Waals surface area (Å²) < 4.78 is 0. The lowest BCUT2D eigenvalue weighted by molar-refractivity contribution is 1.28. The lowest BCUT2D eigenvalue weighted by Crippen LogP contribution is -1.95. The minimum Gasteiger partial charge on any atom is -0.339 e. The Kier molecular flexibility index (Phi) is 3.45. The minimum atomic E-state index is 0.744. The van der Waals surface area contributed by atoms with Crippen molar-refractivity contribution >= 4 is 22.5 Å². The molecule has 0 unspecified atom stereocenters. The van der Waals surface area contributed by atoms with Crippen molar-refractivity contribution in [2.45, 2.75) is 0 Å². The Hall–Kier alpha value is -3.20. The van der Waals surface area contributed by atoms with Crippen LogP contribution >= 0.6 is 0 Å².